The van der Waals surface area contributed by atoms with Gasteiger partial charge in [-0.2, -0.15) is 0 Å². The number of anilines is 2. The standard InChI is InChI=1S/C18H21N3O4S/c22-15(11-20-18(24)16-2-1-9-26-16)10-19-13-3-5-14(6-4-13)21-7-8-25-12-17(21)23/h1-6,9,15,19,22H,7-8,10-12H2,(H,20,24). The molecular weight excluding hydrogens is 354 g/mol. The number of carbonyl (C=O) groups is 2. The van der Waals surface area contributed by atoms with Crippen molar-refractivity contribution < 1.29 is 19.4 Å². The van der Waals surface area contributed by atoms with Crippen molar-refractivity contribution in [2.24, 2.45) is 0 Å². The van der Waals surface area contributed by atoms with Gasteiger partial charge in [-0.1, -0.05) is 6.07 Å². The van der Waals surface area contributed by atoms with Crippen LogP contribution in [0.1, 0.15) is 9.67 Å². The van der Waals surface area contributed by atoms with Crippen LogP contribution in [0.5, 0.6) is 0 Å². The Morgan fingerprint density at radius 1 is 1.27 bits per heavy atom. The van der Waals surface area contributed by atoms with Crippen molar-refractivity contribution in [3.05, 3.63) is 46.7 Å². The summed E-state index contributed by atoms with van der Waals surface area (Å²) in [6, 6.07) is 11.0. The molecule has 26 heavy (non-hydrogen) atoms. The van der Waals surface area contributed by atoms with Crippen molar-refractivity contribution >= 4 is 34.5 Å². The zero-order chi connectivity index (χ0) is 18.4. The molecule has 1 unspecified atom stereocenters. The lowest BCUT2D eigenvalue weighted by Crippen LogP contribution is -2.41. The summed E-state index contributed by atoms with van der Waals surface area (Å²) in [5, 5.41) is 17.7. The fourth-order valence-corrected chi connectivity index (χ4v) is 3.20. The number of ether oxygens (including phenoxy) is 1. The lowest BCUT2D eigenvalue weighted by atomic mass is 10.2. The van der Waals surface area contributed by atoms with Gasteiger partial charge in [-0.25, -0.2) is 0 Å². The second kappa shape index (κ2) is 8.79. The van der Waals surface area contributed by atoms with Gasteiger partial charge in [-0.3, -0.25) is 9.59 Å². The van der Waals surface area contributed by atoms with E-state index in [0.717, 1.165) is 11.4 Å². The van der Waals surface area contributed by atoms with E-state index < -0.39 is 6.10 Å². The molecule has 0 radical (unpaired) electrons. The summed E-state index contributed by atoms with van der Waals surface area (Å²) in [5.41, 5.74) is 1.66. The Morgan fingerprint density at radius 2 is 2.08 bits per heavy atom. The minimum absolute atomic E-state index is 0.0473. The molecule has 3 N–H and O–H groups in total. The van der Waals surface area contributed by atoms with E-state index in [-0.39, 0.29) is 25.0 Å². The van der Waals surface area contributed by atoms with Gasteiger partial charge in [0.15, 0.2) is 0 Å². The summed E-state index contributed by atoms with van der Waals surface area (Å²) in [4.78, 5) is 26.0. The molecule has 1 aromatic heterocycles. The van der Waals surface area contributed by atoms with E-state index in [1.54, 1.807) is 11.0 Å². The van der Waals surface area contributed by atoms with Gasteiger partial charge in [0.05, 0.1) is 17.6 Å². The first-order chi connectivity index (χ1) is 12.6. The molecule has 1 aromatic carbocycles. The lowest BCUT2D eigenvalue weighted by Gasteiger charge is -2.27. The largest absolute Gasteiger partial charge is 0.389 e. The molecule has 1 atom stereocenters. The Labute approximate surface area is 155 Å². The number of thiophene rings is 1. The van der Waals surface area contributed by atoms with E-state index in [2.05, 4.69) is 10.6 Å². The van der Waals surface area contributed by atoms with Crippen LogP contribution in [-0.4, -0.2) is 55.9 Å². The first-order valence-electron chi connectivity index (χ1n) is 8.35. The van der Waals surface area contributed by atoms with Crippen molar-refractivity contribution in [3.63, 3.8) is 0 Å². The average Bonchev–Trinajstić information content (AvgIpc) is 3.20. The smallest absolute Gasteiger partial charge is 0.261 e. The van der Waals surface area contributed by atoms with Crippen LogP contribution < -0.4 is 15.5 Å². The van der Waals surface area contributed by atoms with Gasteiger partial charge in [0.2, 0.25) is 0 Å². The number of hydrogen-bond acceptors (Lipinski definition) is 6. The van der Waals surface area contributed by atoms with Crippen molar-refractivity contribution in [3.8, 4) is 0 Å². The van der Waals surface area contributed by atoms with Crippen LogP contribution in [0.25, 0.3) is 0 Å². The topological polar surface area (TPSA) is 90.9 Å². The first-order valence-corrected chi connectivity index (χ1v) is 9.23. The Bertz CT molecular complexity index is 733. The summed E-state index contributed by atoms with van der Waals surface area (Å²) in [6.07, 6.45) is -0.709. The van der Waals surface area contributed by atoms with Crippen LogP contribution in [0.15, 0.2) is 41.8 Å². The minimum atomic E-state index is -0.709. The van der Waals surface area contributed by atoms with Gasteiger partial charge in [-0.05, 0) is 35.7 Å². The molecule has 8 heteroatoms. The first kappa shape index (κ1) is 18.4. The summed E-state index contributed by atoms with van der Waals surface area (Å²) >= 11 is 1.36. The number of aliphatic hydroxyl groups is 1. The highest BCUT2D eigenvalue weighted by molar-refractivity contribution is 7.12. The zero-order valence-electron chi connectivity index (χ0n) is 14.2. The number of carbonyl (C=O) groups excluding carboxylic acids is 2. The summed E-state index contributed by atoms with van der Waals surface area (Å²) < 4.78 is 5.12. The normalized spacial score (nSPS) is 15.6. The van der Waals surface area contributed by atoms with E-state index >= 15 is 0 Å². The molecule has 1 saturated heterocycles. The summed E-state index contributed by atoms with van der Waals surface area (Å²) in [7, 11) is 0. The maximum absolute atomic E-state index is 11.8. The van der Waals surface area contributed by atoms with Gasteiger partial charge in [0.1, 0.15) is 6.61 Å². The third-order valence-corrected chi connectivity index (χ3v) is 4.82. The summed E-state index contributed by atoms with van der Waals surface area (Å²) in [6.45, 7) is 1.68. The maximum atomic E-state index is 11.8. The highest BCUT2D eigenvalue weighted by Gasteiger charge is 2.19. The Balaban J connectivity index is 1.44. The monoisotopic (exact) mass is 375 g/mol. The minimum Gasteiger partial charge on any atom is -0.389 e. The molecule has 0 aliphatic carbocycles. The molecule has 1 aliphatic rings. The molecule has 7 nitrogen and oxygen atoms in total. The maximum Gasteiger partial charge on any atom is 0.261 e. The van der Waals surface area contributed by atoms with E-state index in [9.17, 15) is 14.7 Å². The van der Waals surface area contributed by atoms with Gasteiger partial charge < -0.3 is 25.4 Å². The quantitative estimate of drug-likeness (QED) is 0.679. The second-order valence-corrected chi connectivity index (χ2v) is 6.81. The van der Waals surface area contributed by atoms with E-state index in [0.29, 0.717) is 24.6 Å². The van der Waals surface area contributed by atoms with E-state index in [4.69, 9.17) is 4.74 Å². The molecule has 0 spiro atoms. The fourth-order valence-electron chi connectivity index (χ4n) is 2.56. The van der Waals surface area contributed by atoms with Crippen LogP contribution in [0.3, 0.4) is 0 Å². The third-order valence-electron chi connectivity index (χ3n) is 3.95. The predicted molar refractivity (Wildman–Crippen MR) is 101 cm³/mol. The predicted octanol–water partition coefficient (Wildman–Crippen LogP) is 1.31. The molecule has 0 saturated carbocycles. The van der Waals surface area contributed by atoms with Gasteiger partial charge in [0.25, 0.3) is 11.8 Å². The Hall–Kier alpha value is -2.42. The highest BCUT2D eigenvalue weighted by atomic mass is 32.1. The molecule has 1 fully saturated rings. The molecular formula is C18H21N3O4S. The van der Waals surface area contributed by atoms with Crippen molar-refractivity contribution in [2.75, 3.05) is 43.1 Å². The van der Waals surface area contributed by atoms with Gasteiger partial charge in [0, 0.05) is 31.0 Å². The van der Waals surface area contributed by atoms with Gasteiger partial charge >= 0.3 is 0 Å². The number of rotatable bonds is 7. The number of nitrogens with one attached hydrogen (secondary N) is 2. The number of nitrogens with zero attached hydrogens (tertiary/aromatic N) is 1. The lowest BCUT2D eigenvalue weighted by molar-refractivity contribution is -0.125. The van der Waals surface area contributed by atoms with Crippen LogP contribution in [-0.2, 0) is 9.53 Å². The third kappa shape index (κ3) is 4.81. The Morgan fingerprint density at radius 3 is 2.77 bits per heavy atom. The molecule has 1 aliphatic heterocycles. The highest BCUT2D eigenvalue weighted by Crippen LogP contribution is 2.19. The molecule has 0 bridgehead atoms. The fraction of sp³-hybridized carbons (Fsp3) is 0.333. The SMILES string of the molecule is O=C(NCC(O)CNc1ccc(N2CCOCC2=O)cc1)c1cccs1. The molecule has 2 amide bonds. The number of amides is 2. The second-order valence-electron chi connectivity index (χ2n) is 5.87. The molecule has 3 rings (SSSR count). The van der Waals surface area contributed by atoms with Crippen molar-refractivity contribution in [1.29, 1.82) is 0 Å². The molecule has 2 aromatic rings. The average molecular weight is 375 g/mol. The van der Waals surface area contributed by atoms with Crippen LogP contribution in [0.4, 0.5) is 11.4 Å². The number of morpholine rings is 1. The molecule has 138 valence electrons. The van der Waals surface area contributed by atoms with Crippen LogP contribution in [0, 0.1) is 0 Å². The number of benzene rings is 1. The van der Waals surface area contributed by atoms with Crippen LogP contribution in [0.2, 0.25) is 0 Å². The van der Waals surface area contributed by atoms with Gasteiger partial charge in [-0.15, -0.1) is 11.3 Å². The zero-order valence-corrected chi connectivity index (χ0v) is 15.0. The van der Waals surface area contributed by atoms with Crippen molar-refractivity contribution in [2.45, 2.75) is 6.10 Å². The number of aliphatic hydroxyl groups excluding tert-OH is 1. The van der Waals surface area contributed by atoms with Crippen LogP contribution >= 0.6 is 11.3 Å². The summed E-state index contributed by atoms with van der Waals surface area (Å²) in [5.74, 6) is -0.229. The number of hydrogen-bond donors (Lipinski definition) is 3. The molecule has 2 heterocycles. The van der Waals surface area contributed by atoms with Crippen molar-refractivity contribution in [1.82, 2.24) is 5.32 Å². The Kier molecular flexibility index (Phi) is 6.21. The van der Waals surface area contributed by atoms with E-state index in [1.165, 1.54) is 11.3 Å². The van der Waals surface area contributed by atoms with E-state index in [1.807, 2.05) is 35.7 Å².